The summed E-state index contributed by atoms with van der Waals surface area (Å²) in [6.45, 7) is 1.87. The van der Waals surface area contributed by atoms with Gasteiger partial charge in [0.25, 0.3) is 0 Å². The topological polar surface area (TPSA) is 67.6 Å². The van der Waals surface area contributed by atoms with Gasteiger partial charge in [-0.2, -0.15) is 5.10 Å². The molecular weight excluding hydrogens is 220 g/mol. The quantitative estimate of drug-likeness (QED) is 0.829. The highest BCUT2D eigenvalue weighted by Gasteiger charge is 2.08. The molecule has 14 heavy (non-hydrogen) atoms. The van der Waals surface area contributed by atoms with Crippen LogP contribution in [0, 0.1) is 0 Å². The van der Waals surface area contributed by atoms with Gasteiger partial charge in [-0.1, -0.05) is 6.07 Å². The van der Waals surface area contributed by atoms with Crippen LogP contribution in [0.15, 0.2) is 17.5 Å². The molecule has 0 fully saturated rings. The van der Waals surface area contributed by atoms with E-state index in [1.54, 1.807) is 11.3 Å². The number of H-pyrrole nitrogens is 1. The minimum atomic E-state index is -0.0961. The minimum absolute atomic E-state index is 0. The second kappa shape index (κ2) is 4.54. The lowest BCUT2D eigenvalue weighted by Gasteiger charge is -1.95. The molecule has 0 aromatic carbocycles. The molecule has 0 aliphatic rings. The standard InChI is InChI=1S/C8H10N4S.ClH/c1-5(9)7-10-8(12-11-7)6-3-2-4-13-6;/h2-5H,9H2,1H3,(H,10,11,12);1H. The maximum Gasteiger partial charge on any atom is 0.191 e. The van der Waals surface area contributed by atoms with Gasteiger partial charge in [-0.3, -0.25) is 5.10 Å². The van der Waals surface area contributed by atoms with Crippen molar-refractivity contribution in [2.75, 3.05) is 0 Å². The third-order valence-electron chi connectivity index (χ3n) is 1.68. The molecule has 0 spiro atoms. The number of aromatic nitrogens is 3. The number of halogens is 1. The number of nitrogens with two attached hydrogens (primary N) is 1. The Morgan fingerprint density at radius 1 is 1.57 bits per heavy atom. The Hall–Kier alpha value is -0.910. The first kappa shape index (κ1) is 11.2. The summed E-state index contributed by atoms with van der Waals surface area (Å²) in [5.41, 5.74) is 5.65. The van der Waals surface area contributed by atoms with E-state index in [1.165, 1.54) is 0 Å². The molecule has 2 aromatic heterocycles. The highest BCUT2D eigenvalue weighted by atomic mass is 35.5. The second-order valence-corrected chi connectivity index (χ2v) is 3.76. The number of hydrogen-bond acceptors (Lipinski definition) is 4. The molecule has 1 atom stereocenters. The zero-order valence-electron chi connectivity index (χ0n) is 7.60. The zero-order valence-corrected chi connectivity index (χ0v) is 9.23. The van der Waals surface area contributed by atoms with Crippen molar-refractivity contribution in [3.63, 3.8) is 0 Å². The Balaban J connectivity index is 0.000000980. The first-order valence-corrected chi connectivity index (χ1v) is 4.87. The van der Waals surface area contributed by atoms with Crippen LogP contribution in [-0.2, 0) is 0 Å². The number of nitrogens with one attached hydrogen (secondary N) is 1. The highest BCUT2D eigenvalue weighted by molar-refractivity contribution is 7.13. The molecule has 2 heterocycles. The SMILES string of the molecule is CC(N)c1nc(-c2cccs2)n[nH]1.Cl. The average Bonchev–Trinajstić information content (AvgIpc) is 2.75. The molecular formula is C8H11ClN4S. The van der Waals surface area contributed by atoms with Gasteiger partial charge in [0.2, 0.25) is 0 Å². The van der Waals surface area contributed by atoms with Crippen molar-refractivity contribution >= 4 is 23.7 Å². The zero-order chi connectivity index (χ0) is 9.26. The summed E-state index contributed by atoms with van der Waals surface area (Å²) >= 11 is 1.62. The van der Waals surface area contributed by atoms with Gasteiger partial charge in [0.1, 0.15) is 5.82 Å². The molecule has 2 rings (SSSR count). The largest absolute Gasteiger partial charge is 0.322 e. The molecule has 0 amide bonds. The monoisotopic (exact) mass is 230 g/mol. The predicted octanol–water partition coefficient (Wildman–Crippen LogP) is 1.97. The Kier molecular flexibility index (Phi) is 3.62. The van der Waals surface area contributed by atoms with Crippen molar-refractivity contribution in [3.8, 4) is 10.7 Å². The van der Waals surface area contributed by atoms with Crippen molar-refractivity contribution < 1.29 is 0 Å². The molecule has 0 aliphatic heterocycles. The molecule has 0 saturated heterocycles. The molecule has 2 aromatic rings. The van der Waals surface area contributed by atoms with Gasteiger partial charge < -0.3 is 5.73 Å². The average molecular weight is 231 g/mol. The van der Waals surface area contributed by atoms with Crippen LogP contribution in [-0.4, -0.2) is 15.2 Å². The number of rotatable bonds is 2. The Morgan fingerprint density at radius 3 is 2.86 bits per heavy atom. The van der Waals surface area contributed by atoms with Crippen molar-refractivity contribution in [1.82, 2.24) is 15.2 Å². The normalized spacial score (nSPS) is 12.1. The fourth-order valence-electron chi connectivity index (χ4n) is 0.994. The lowest BCUT2D eigenvalue weighted by molar-refractivity contribution is 0.745. The van der Waals surface area contributed by atoms with E-state index in [1.807, 2.05) is 24.4 Å². The minimum Gasteiger partial charge on any atom is -0.322 e. The third-order valence-corrected chi connectivity index (χ3v) is 2.54. The van der Waals surface area contributed by atoms with Gasteiger partial charge in [-0.25, -0.2) is 4.98 Å². The van der Waals surface area contributed by atoms with Crippen molar-refractivity contribution in [3.05, 3.63) is 23.3 Å². The van der Waals surface area contributed by atoms with E-state index in [9.17, 15) is 0 Å². The van der Waals surface area contributed by atoms with E-state index < -0.39 is 0 Å². The first-order chi connectivity index (χ1) is 6.27. The van der Waals surface area contributed by atoms with Crippen molar-refractivity contribution in [2.45, 2.75) is 13.0 Å². The lowest BCUT2D eigenvalue weighted by atomic mass is 10.3. The number of aromatic amines is 1. The van der Waals surface area contributed by atoms with Crippen molar-refractivity contribution in [2.24, 2.45) is 5.73 Å². The molecule has 1 unspecified atom stereocenters. The van der Waals surface area contributed by atoms with Gasteiger partial charge in [0.15, 0.2) is 5.82 Å². The fraction of sp³-hybridized carbons (Fsp3) is 0.250. The summed E-state index contributed by atoms with van der Waals surface area (Å²) in [5, 5.41) is 8.89. The summed E-state index contributed by atoms with van der Waals surface area (Å²) in [6.07, 6.45) is 0. The summed E-state index contributed by atoms with van der Waals surface area (Å²) in [6, 6.07) is 3.86. The van der Waals surface area contributed by atoms with Crippen LogP contribution in [0.2, 0.25) is 0 Å². The van der Waals surface area contributed by atoms with Gasteiger partial charge in [0.05, 0.1) is 10.9 Å². The van der Waals surface area contributed by atoms with Gasteiger partial charge in [-0.05, 0) is 18.4 Å². The first-order valence-electron chi connectivity index (χ1n) is 3.99. The fourth-order valence-corrected chi connectivity index (χ4v) is 1.65. The van der Waals surface area contributed by atoms with Gasteiger partial charge in [-0.15, -0.1) is 23.7 Å². The Bertz CT molecular complexity index is 382. The summed E-state index contributed by atoms with van der Waals surface area (Å²) in [7, 11) is 0. The number of nitrogens with zero attached hydrogens (tertiary/aromatic N) is 2. The van der Waals surface area contributed by atoms with E-state index in [0.29, 0.717) is 0 Å². The number of hydrogen-bond donors (Lipinski definition) is 2. The van der Waals surface area contributed by atoms with Gasteiger partial charge in [0, 0.05) is 0 Å². The van der Waals surface area contributed by atoms with Crippen LogP contribution in [0.25, 0.3) is 10.7 Å². The number of thiophene rings is 1. The van der Waals surface area contributed by atoms with Crippen LogP contribution in [0.5, 0.6) is 0 Å². The van der Waals surface area contributed by atoms with Crippen LogP contribution in [0.3, 0.4) is 0 Å². The molecule has 0 radical (unpaired) electrons. The maximum absolute atomic E-state index is 5.65. The van der Waals surface area contributed by atoms with Crippen LogP contribution in [0.1, 0.15) is 18.8 Å². The molecule has 3 N–H and O–H groups in total. The summed E-state index contributed by atoms with van der Waals surface area (Å²) in [4.78, 5) is 5.33. The van der Waals surface area contributed by atoms with E-state index in [4.69, 9.17) is 5.73 Å². The summed E-state index contributed by atoms with van der Waals surface area (Å²) < 4.78 is 0. The predicted molar refractivity (Wildman–Crippen MR) is 59.5 cm³/mol. The highest BCUT2D eigenvalue weighted by Crippen LogP contribution is 2.21. The maximum atomic E-state index is 5.65. The van der Waals surface area contributed by atoms with E-state index in [-0.39, 0.29) is 18.4 Å². The molecule has 0 aliphatic carbocycles. The Labute approximate surface area is 92.0 Å². The second-order valence-electron chi connectivity index (χ2n) is 2.81. The molecule has 76 valence electrons. The van der Waals surface area contributed by atoms with Crippen LogP contribution in [0.4, 0.5) is 0 Å². The summed E-state index contributed by atoms with van der Waals surface area (Å²) in [5.74, 6) is 1.45. The van der Waals surface area contributed by atoms with E-state index in [0.717, 1.165) is 16.5 Å². The van der Waals surface area contributed by atoms with E-state index in [2.05, 4.69) is 15.2 Å². The lowest BCUT2D eigenvalue weighted by Crippen LogP contribution is -2.06. The molecule has 4 nitrogen and oxygen atoms in total. The molecule has 6 heteroatoms. The smallest absolute Gasteiger partial charge is 0.191 e. The van der Waals surface area contributed by atoms with Crippen LogP contribution >= 0.6 is 23.7 Å². The third kappa shape index (κ3) is 2.12. The molecule has 0 bridgehead atoms. The Morgan fingerprint density at radius 2 is 2.36 bits per heavy atom. The van der Waals surface area contributed by atoms with Crippen molar-refractivity contribution in [1.29, 1.82) is 0 Å². The van der Waals surface area contributed by atoms with Crippen LogP contribution < -0.4 is 5.73 Å². The molecule has 0 saturated carbocycles. The van der Waals surface area contributed by atoms with E-state index >= 15 is 0 Å². The van der Waals surface area contributed by atoms with Gasteiger partial charge >= 0.3 is 0 Å².